The molecule has 26 heavy (non-hydrogen) atoms. The molecule has 0 aliphatic rings. The maximum atomic E-state index is 10.3. The number of aliphatic hydroxyl groups is 3. The van der Waals surface area contributed by atoms with Crippen molar-refractivity contribution in [3.63, 3.8) is 0 Å². The molecule has 0 fully saturated rings. The van der Waals surface area contributed by atoms with E-state index in [2.05, 4.69) is 10.1 Å². The standard InChI is InChI=1S/C17H20N4O5/c18-15-13-6-7-14(21(13)20-10-19-15)17(24)26-12(8-22)9-25-16(23)11-4-2-1-3-5-11/h1-7,10,12,16-17,22-24H,8-9H2,(H2,18,19,20)/t12-,16?,17?/m1/s1. The minimum atomic E-state index is -1.37. The van der Waals surface area contributed by atoms with Crippen LogP contribution in [0.2, 0.25) is 0 Å². The molecule has 2 heterocycles. The number of nitrogens with zero attached hydrogens (tertiary/aromatic N) is 3. The minimum absolute atomic E-state index is 0.121. The van der Waals surface area contributed by atoms with E-state index in [1.807, 2.05) is 6.07 Å². The molecule has 138 valence electrons. The van der Waals surface area contributed by atoms with Gasteiger partial charge >= 0.3 is 0 Å². The van der Waals surface area contributed by atoms with Crippen molar-refractivity contribution in [1.82, 2.24) is 14.6 Å². The third-order valence-electron chi connectivity index (χ3n) is 3.81. The fourth-order valence-corrected chi connectivity index (χ4v) is 2.46. The molecule has 2 unspecified atom stereocenters. The van der Waals surface area contributed by atoms with E-state index in [1.54, 1.807) is 36.4 Å². The van der Waals surface area contributed by atoms with Crippen molar-refractivity contribution in [2.45, 2.75) is 18.7 Å². The molecule has 5 N–H and O–H groups in total. The van der Waals surface area contributed by atoms with Crippen molar-refractivity contribution < 1.29 is 24.8 Å². The molecule has 1 aromatic carbocycles. The maximum Gasteiger partial charge on any atom is 0.199 e. The summed E-state index contributed by atoms with van der Waals surface area (Å²) in [5.74, 6) is 0.270. The van der Waals surface area contributed by atoms with E-state index in [1.165, 1.54) is 10.8 Å². The number of anilines is 1. The van der Waals surface area contributed by atoms with Crippen molar-refractivity contribution in [3.05, 3.63) is 60.0 Å². The van der Waals surface area contributed by atoms with Gasteiger partial charge in [0, 0.05) is 5.56 Å². The Morgan fingerprint density at radius 3 is 2.58 bits per heavy atom. The lowest BCUT2D eigenvalue weighted by molar-refractivity contribution is -0.194. The van der Waals surface area contributed by atoms with Crippen LogP contribution in [0.15, 0.2) is 48.8 Å². The molecule has 0 saturated heterocycles. The molecule has 3 atom stereocenters. The number of fused-ring (bicyclic) bond motifs is 1. The SMILES string of the molecule is Nc1ncnn2c(C(O)O[C@H](CO)COC(O)c3ccccc3)ccc12. The first kappa shape index (κ1) is 18.2. The van der Waals surface area contributed by atoms with E-state index < -0.39 is 25.3 Å². The van der Waals surface area contributed by atoms with Gasteiger partial charge < -0.3 is 30.5 Å². The zero-order valence-corrected chi connectivity index (χ0v) is 13.8. The van der Waals surface area contributed by atoms with E-state index in [-0.39, 0.29) is 12.4 Å². The smallest absolute Gasteiger partial charge is 0.199 e. The van der Waals surface area contributed by atoms with Crippen molar-refractivity contribution in [1.29, 1.82) is 0 Å². The van der Waals surface area contributed by atoms with Crippen LogP contribution in [-0.4, -0.2) is 49.2 Å². The molecule has 3 aromatic rings. The summed E-state index contributed by atoms with van der Waals surface area (Å²) in [4.78, 5) is 3.87. The first-order valence-corrected chi connectivity index (χ1v) is 7.97. The van der Waals surface area contributed by atoms with E-state index in [4.69, 9.17) is 15.2 Å². The van der Waals surface area contributed by atoms with E-state index in [0.717, 1.165) is 0 Å². The maximum absolute atomic E-state index is 10.3. The van der Waals surface area contributed by atoms with Crippen LogP contribution in [0.3, 0.4) is 0 Å². The number of hydrogen-bond acceptors (Lipinski definition) is 8. The number of rotatable bonds is 8. The number of aliphatic hydroxyl groups excluding tert-OH is 3. The first-order chi connectivity index (χ1) is 12.6. The largest absolute Gasteiger partial charge is 0.394 e. The van der Waals surface area contributed by atoms with Crippen LogP contribution >= 0.6 is 0 Å². The first-order valence-electron chi connectivity index (χ1n) is 7.97. The second kappa shape index (κ2) is 8.21. The lowest BCUT2D eigenvalue weighted by Crippen LogP contribution is -2.27. The molecular weight excluding hydrogens is 340 g/mol. The van der Waals surface area contributed by atoms with Gasteiger partial charge in [-0.15, -0.1) is 0 Å². The van der Waals surface area contributed by atoms with Gasteiger partial charge in [0.05, 0.1) is 18.9 Å². The number of aromatic nitrogens is 3. The van der Waals surface area contributed by atoms with Gasteiger partial charge in [-0.3, -0.25) is 0 Å². The van der Waals surface area contributed by atoms with Gasteiger partial charge in [0.15, 0.2) is 18.4 Å². The predicted octanol–water partition coefficient (Wildman–Crippen LogP) is 0.388. The summed E-state index contributed by atoms with van der Waals surface area (Å²) >= 11 is 0. The van der Waals surface area contributed by atoms with Gasteiger partial charge in [0.25, 0.3) is 0 Å². The summed E-state index contributed by atoms with van der Waals surface area (Å²) in [6.07, 6.45) is -2.12. The second-order valence-electron chi connectivity index (χ2n) is 5.59. The second-order valence-corrected chi connectivity index (χ2v) is 5.59. The third-order valence-corrected chi connectivity index (χ3v) is 3.81. The molecular formula is C17H20N4O5. The van der Waals surface area contributed by atoms with Gasteiger partial charge in [-0.25, -0.2) is 9.50 Å². The average Bonchev–Trinajstić information content (AvgIpc) is 3.11. The van der Waals surface area contributed by atoms with E-state index in [0.29, 0.717) is 16.8 Å². The monoisotopic (exact) mass is 360 g/mol. The number of hydrogen-bond donors (Lipinski definition) is 4. The zero-order chi connectivity index (χ0) is 18.5. The Bertz CT molecular complexity index is 842. The topological polar surface area (TPSA) is 135 Å². The van der Waals surface area contributed by atoms with Crippen LogP contribution in [0, 0.1) is 0 Å². The minimum Gasteiger partial charge on any atom is -0.394 e. The Morgan fingerprint density at radius 2 is 1.85 bits per heavy atom. The zero-order valence-electron chi connectivity index (χ0n) is 13.8. The summed E-state index contributed by atoms with van der Waals surface area (Å²) in [6, 6.07) is 12.1. The molecule has 0 spiro atoms. The van der Waals surface area contributed by atoms with Crippen LogP contribution in [0.1, 0.15) is 23.8 Å². The Balaban J connectivity index is 1.63. The summed E-state index contributed by atoms with van der Waals surface area (Å²) in [5.41, 5.74) is 7.19. The van der Waals surface area contributed by atoms with Crippen molar-refractivity contribution >= 4 is 11.3 Å². The highest BCUT2D eigenvalue weighted by molar-refractivity contribution is 5.65. The summed E-state index contributed by atoms with van der Waals surface area (Å²) in [7, 11) is 0. The van der Waals surface area contributed by atoms with Crippen LogP contribution in [0.5, 0.6) is 0 Å². The van der Waals surface area contributed by atoms with Crippen molar-refractivity contribution in [2.75, 3.05) is 18.9 Å². The van der Waals surface area contributed by atoms with E-state index >= 15 is 0 Å². The van der Waals surface area contributed by atoms with Crippen LogP contribution in [0.25, 0.3) is 5.52 Å². The van der Waals surface area contributed by atoms with Crippen LogP contribution in [-0.2, 0) is 9.47 Å². The molecule has 3 rings (SSSR count). The number of nitrogen functional groups attached to an aromatic ring is 1. The number of benzene rings is 1. The molecule has 0 aliphatic carbocycles. The molecule has 0 bridgehead atoms. The van der Waals surface area contributed by atoms with Gasteiger partial charge in [-0.1, -0.05) is 30.3 Å². The van der Waals surface area contributed by atoms with Crippen LogP contribution < -0.4 is 5.73 Å². The predicted molar refractivity (Wildman–Crippen MR) is 91.7 cm³/mol. The fourth-order valence-electron chi connectivity index (χ4n) is 2.46. The molecule has 0 saturated carbocycles. The van der Waals surface area contributed by atoms with Crippen molar-refractivity contribution in [2.24, 2.45) is 0 Å². The molecule has 0 aliphatic heterocycles. The molecule has 2 aromatic heterocycles. The number of nitrogens with two attached hydrogens (primary N) is 1. The lowest BCUT2D eigenvalue weighted by atomic mass is 10.2. The van der Waals surface area contributed by atoms with Gasteiger partial charge in [0.2, 0.25) is 0 Å². The van der Waals surface area contributed by atoms with E-state index in [9.17, 15) is 15.3 Å². The van der Waals surface area contributed by atoms with Gasteiger partial charge in [-0.05, 0) is 12.1 Å². The summed E-state index contributed by atoms with van der Waals surface area (Å²) < 4.78 is 12.1. The molecule has 0 amide bonds. The summed E-state index contributed by atoms with van der Waals surface area (Å²) in [6.45, 7) is -0.525. The highest BCUT2D eigenvalue weighted by atomic mass is 16.6. The van der Waals surface area contributed by atoms with Crippen molar-refractivity contribution in [3.8, 4) is 0 Å². The Hall–Kier alpha value is -2.56. The number of ether oxygens (including phenoxy) is 2. The Kier molecular flexibility index (Phi) is 5.76. The molecule has 0 radical (unpaired) electrons. The molecule has 9 nitrogen and oxygen atoms in total. The van der Waals surface area contributed by atoms with Crippen LogP contribution in [0.4, 0.5) is 5.82 Å². The molecule has 9 heteroatoms. The lowest BCUT2D eigenvalue weighted by Gasteiger charge is -2.21. The Labute approximate surface area is 149 Å². The fraction of sp³-hybridized carbons (Fsp3) is 0.294. The highest BCUT2D eigenvalue weighted by Crippen LogP contribution is 2.22. The summed E-state index contributed by atoms with van der Waals surface area (Å²) in [5, 5.41) is 33.8. The Morgan fingerprint density at radius 1 is 1.08 bits per heavy atom. The van der Waals surface area contributed by atoms with Gasteiger partial charge in [0.1, 0.15) is 17.9 Å². The van der Waals surface area contributed by atoms with Gasteiger partial charge in [-0.2, -0.15) is 5.10 Å². The quantitative estimate of drug-likeness (QED) is 0.424. The third kappa shape index (κ3) is 3.98. The highest BCUT2D eigenvalue weighted by Gasteiger charge is 2.21. The average molecular weight is 360 g/mol. The normalized spacial score (nSPS) is 15.0.